The third kappa shape index (κ3) is 5.72. The van der Waals surface area contributed by atoms with E-state index < -0.39 is 41.3 Å². The van der Waals surface area contributed by atoms with Gasteiger partial charge in [-0.15, -0.1) is 0 Å². The molecule has 2 aromatic rings. The summed E-state index contributed by atoms with van der Waals surface area (Å²) in [7, 11) is 0. The van der Waals surface area contributed by atoms with Crippen molar-refractivity contribution in [2.75, 3.05) is 26.2 Å². The van der Waals surface area contributed by atoms with Crippen LogP contribution in [0.15, 0.2) is 54.6 Å². The highest BCUT2D eigenvalue weighted by atomic mass is 19.1. The van der Waals surface area contributed by atoms with E-state index in [9.17, 15) is 18.4 Å². The molecule has 1 fully saturated rings. The molecule has 192 valence electrons. The highest BCUT2D eigenvalue weighted by Crippen LogP contribution is 2.37. The van der Waals surface area contributed by atoms with Crippen LogP contribution in [0.25, 0.3) is 5.57 Å². The van der Waals surface area contributed by atoms with E-state index in [-0.39, 0.29) is 18.0 Å². The minimum atomic E-state index is -0.727. The number of carbonyl (C=O) groups excluding carboxylic acids is 2. The Morgan fingerprint density at radius 1 is 1.19 bits per heavy atom. The molecule has 0 saturated carbocycles. The van der Waals surface area contributed by atoms with E-state index in [1.54, 1.807) is 4.90 Å². The SMILES string of the molecule is CC(C)(C)[C@H](NC(C=O)C1CNCCO1)C(=O)N1CC(c2cc(F)ccc2F)=C[C@H]1c1ccccc1. The Morgan fingerprint density at radius 3 is 2.58 bits per heavy atom. The van der Waals surface area contributed by atoms with Gasteiger partial charge in [-0.2, -0.15) is 0 Å². The third-order valence-corrected chi connectivity index (χ3v) is 6.71. The first-order chi connectivity index (χ1) is 17.2. The Hall–Kier alpha value is -2.94. The van der Waals surface area contributed by atoms with Crippen molar-refractivity contribution in [1.82, 2.24) is 15.5 Å². The van der Waals surface area contributed by atoms with Crippen LogP contribution >= 0.6 is 0 Å². The lowest BCUT2D eigenvalue weighted by atomic mass is 9.84. The molecule has 0 aromatic heterocycles. The zero-order valence-electron chi connectivity index (χ0n) is 20.8. The summed E-state index contributed by atoms with van der Waals surface area (Å²) in [5, 5.41) is 6.47. The molecule has 4 atom stereocenters. The van der Waals surface area contributed by atoms with Crippen molar-refractivity contribution >= 4 is 17.8 Å². The van der Waals surface area contributed by atoms with Crippen molar-refractivity contribution in [1.29, 1.82) is 0 Å². The summed E-state index contributed by atoms with van der Waals surface area (Å²) in [5.41, 5.74) is 0.985. The van der Waals surface area contributed by atoms with Crippen LogP contribution in [0.1, 0.15) is 37.9 Å². The second kappa shape index (κ2) is 11.0. The van der Waals surface area contributed by atoms with Crippen LogP contribution in [-0.2, 0) is 14.3 Å². The van der Waals surface area contributed by atoms with Gasteiger partial charge in [0, 0.05) is 25.2 Å². The molecule has 0 aliphatic carbocycles. The highest BCUT2D eigenvalue weighted by Gasteiger charge is 2.42. The van der Waals surface area contributed by atoms with E-state index in [1.807, 2.05) is 57.2 Å². The zero-order chi connectivity index (χ0) is 25.9. The molecule has 0 radical (unpaired) electrons. The largest absolute Gasteiger partial charge is 0.373 e. The molecule has 2 aliphatic rings. The van der Waals surface area contributed by atoms with Crippen molar-refractivity contribution in [2.24, 2.45) is 5.41 Å². The van der Waals surface area contributed by atoms with Gasteiger partial charge in [0.25, 0.3) is 0 Å². The average Bonchev–Trinajstić information content (AvgIpc) is 3.31. The van der Waals surface area contributed by atoms with E-state index in [2.05, 4.69) is 10.6 Å². The molecule has 2 unspecified atom stereocenters. The van der Waals surface area contributed by atoms with Gasteiger partial charge in [0.2, 0.25) is 5.91 Å². The molecular weight excluding hydrogens is 464 g/mol. The fraction of sp³-hybridized carbons (Fsp3) is 0.429. The number of nitrogens with zero attached hydrogens (tertiary/aromatic N) is 1. The van der Waals surface area contributed by atoms with E-state index in [0.29, 0.717) is 25.3 Å². The Balaban J connectivity index is 1.67. The van der Waals surface area contributed by atoms with Gasteiger partial charge in [-0.3, -0.25) is 10.1 Å². The van der Waals surface area contributed by atoms with Gasteiger partial charge in [0.05, 0.1) is 30.8 Å². The average molecular weight is 498 g/mol. The maximum atomic E-state index is 14.7. The molecule has 0 bridgehead atoms. The number of hydrogen-bond donors (Lipinski definition) is 2. The van der Waals surface area contributed by atoms with Gasteiger partial charge in [0.1, 0.15) is 17.9 Å². The van der Waals surface area contributed by atoms with Crippen LogP contribution in [0.5, 0.6) is 0 Å². The standard InChI is InChI=1S/C28H33F2N3O3/c1-28(2,3)26(32-23(17-34)25-15-31-11-12-36-25)27(35)33-16-19(21-14-20(29)9-10-22(21)30)13-24(33)18-7-5-4-6-8-18/h4-10,13-14,17,23-26,31-32H,11-12,15-16H2,1-3H3/t23?,24-,25?,26+/m0/s1. The van der Waals surface area contributed by atoms with E-state index in [4.69, 9.17) is 4.74 Å². The molecule has 1 saturated heterocycles. The van der Waals surface area contributed by atoms with Gasteiger partial charge in [-0.25, -0.2) is 8.78 Å². The fourth-order valence-corrected chi connectivity index (χ4v) is 4.78. The van der Waals surface area contributed by atoms with E-state index >= 15 is 0 Å². The van der Waals surface area contributed by atoms with E-state index in [1.165, 1.54) is 0 Å². The lowest BCUT2D eigenvalue weighted by Crippen LogP contribution is -2.61. The second-order valence-electron chi connectivity index (χ2n) is 10.4. The predicted molar refractivity (Wildman–Crippen MR) is 134 cm³/mol. The van der Waals surface area contributed by atoms with Gasteiger partial charge in [-0.05, 0) is 34.8 Å². The number of ether oxygens (including phenoxy) is 1. The number of hydrogen-bond acceptors (Lipinski definition) is 5. The van der Waals surface area contributed by atoms with E-state index in [0.717, 1.165) is 30.0 Å². The molecule has 2 aliphatic heterocycles. The number of halogens is 2. The third-order valence-electron chi connectivity index (χ3n) is 6.71. The molecule has 36 heavy (non-hydrogen) atoms. The zero-order valence-corrected chi connectivity index (χ0v) is 20.8. The topological polar surface area (TPSA) is 70.7 Å². The highest BCUT2D eigenvalue weighted by molar-refractivity contribution is 5.88. The van der Waals surface area contributed by atoms with Crippen LogP contribution in [0.4, 0.5) is 8.78 Å². The van der Waals surface area contributed by atoms with Crippen LogP contribution in [0.2, 0.25) is 0 Å². The first kappa shape index (κ1) is 26.1. The van der Waals surface area contributed by atoms with Gasteiger partial charge >= 0.3 is 0 Å². The molecule has 2 N–H and O–H groups in total. The molecule has 1 amide bonds. The fourth-order valence-electron chi connectivity index (χ4n) is 4.78. The smallest absolute Gasteiger partial charge is 0.241 e. The van der Waals surface area contributed by atoms with Crippen molar-refractivity contribution in [2.45, 2.75) is 45.0 Å². The number of benzene rings is 2. The van der Waals surface area contributed by atoms with Crippen molar-refractivity contribution < 1.29 is 23.1 Å². The minimum Gasteiger partial charge on any atom is -0.373 e. The lowest BCUT2D eigenvalue weighted by Gasteiger charge is -2.39. The second-order valence-corrected chi connectivity index (χ2v) is 10.4. The monoisotopic (exact) mass is 497 g/mol. The number of morpholine rings is 1. The summed E-state index contributed by atoms with van der Waals surface area (Å²) in [5.74, 6) is -1.32. The summed E-state index contributed by atoms with van der Waals surface area (Å²) in [6, 6.07) is 10.9. The first-order valence-electron chi connectivity index (χ1n) is 12.2. The molecular formula is C28H33F2N3O3. The summed E-state index contributed by atoms with van der Waals surface area (Å²) >= 11 is 0. The minimum absolute atomic E-state index is 0.111. The van der Waals surface area contributed by atoms with Crippen LogP contribution in [-0.4, -0.2) is 61.5 Å². The van der Waals surface area contributed by atoms with Crippen molar-refractivity contribution in [3.63, 3.8) is 0 Å². The van der Waals surface area contributed by atoms with Gasteiger partial charge in [0.15, 0.2) is 0 Å². The molecule has 4 rings (SSSR count). The van der Waals surface area contributed by atoms with Crippen molar-refractivity contribution in [3.8, 4) is 0 Å². The molecule has 6 nitrogen and oxygen atoms in total. The van der Waals surface area contributed by atoms with Crippen LogP contribution in [0, 0.1) is 17.0 Å². The number of nitrogens with one attached hydrogen (secondary N) is 2. The summed E-state index contributed by atoms with van der Waals surface area (Å²) in [6.07, 6.45) is 2.21. The van der Waals surface area contributed by atoms with Gasteiger partial charge < -0.3 is 19.7 Å². The number of aldehydes is 1. The van der Waals surface area contributed by atoms with Gasteiger partial charge in [-0.1, -0.05) is 57.2 Å². The maximum absolute atomic E-state index is 14.7. The quantitative estimate of drug-likeness (QED) is 0.573. The predicted octanol–water partition coefficient (Wildman–Crippen LogP) is 3.49. The number of amides is 1. The Kier molecular flexibility index (Phi) is 7.97. The van der Waals surface area contributed by atoms with Crippen LogP contribution in [0.3, 0.4) is 0 Å². The number of rotatable bonds is 7. The summed E-state index contributed by atoms with van der Waals surface area (Å²) < 4.78 is 34.4. The normalized spacial score (nSPS) is 22.1. The van der Waals surface area contributed by atoms with Crippen LogP contribution < -0.4 is 10.6 Å². The number of carbonyl (C=O) groups is 2. The maximum Gasteiger partial charge on any atom is 0.241 e. The lowest BCUT2D eigenvalue weighted by molar-refractivity contribution is -0.137. The van der Waals surface area contributed by atoms with Crippen molar-refractivity contribution in [3.05, 3.63) is 77.4 Å². The summed E-state index contributed by atoms with van der Waals surface area (Å²) in [6.45, 7) is 7.60. The molecule has 2 aromatic carbocycles. The molecule has 2 heterocycles. The Bertz CT molecular complexity index is 1110. The first-order valence-corrected chi connectivity index (χ1v) is 12.2. The molecule has 8 heteroatoms. The Labute approximate surface area is 210 Å². The Morgan fingerprint density at radius 2 is 1.94 bits per heavy atom. The molecule has 0 spiro atoms. The summed E-state index contributed by atoms with van der Waals surface area (Å²) in [4.78, 5) is 27.8.